The Labute approximate surface area is 134 Å². The largest absolute Gasteiger partial charge is 0.452 e. The van der Waals surface area contributed by atoms with E-state index >= 15 is 0 Å². The van der Waals surface area contributed by atoms with Crippen molar-refractivity contribution in [2.24, 2.45) is 0 Å². The fourth-order valence-electron chi connectivity index (χ4n) is 1.75. The molecule has 0 unspecified atom stereocenters. The molecule has 0 spiro atoms. The Morgan fingerprint density at radius 3 is 2.67 bits per heavy atom. The van der Waals surface area contributed by atoms with Gasteiger partial charge in [0.1, 0.15) is 17.3 Å². The molecule has 0 radical (unpaired) electrons. The van der Waals surface area contributed by atoms with Crippen LogP contribution in [0.5, 0.6) is 11.5 Å². The SMILES string of the molecule is CNCc1nc(C(C)C)ncc1Oc1cc(Cl)ccc1Cl. The molecule has 0 aliphatic rings. The smallest absolute Gasteiger partial charge is 0.168 e. The van der Waals surface area contributed by atoms with Crippen molar-refractivity contribution < 1.29 is 4.74 Å². The molecule has 2 aromatic rings. The van der Waals surface area contributed by atoms with Crippen LogP contribution in [0.3, 0.4) is 0 Å². The highest BCUT2D eigenvalue weighted by Crippen LogP contribution is 2.33. The third-order valence-corrected chi connectivity index (χ3v) is 3.37. The van der Waals surface area contributed by atoms with Crippen molar-refractivity contribution in [3.8, 4) is 11.5 Å². The van der Waals surface area contributed by atoms with Crippen molar-refractivity contribution >= 4 is 23.2 Å². The summed E-state index contributed by atoms with van der Waals surface area (Å²) in [7, 11) is 1.85. The third kappa shape index (κ3) is 4.06. The first kappa shape index (κ1) is 16.0. The zero-order chi connectivity index (χ0) is 15.4. The van der Waals surface area contributed by atoms with Gasteiger partial charge in [-0.05, 0) is 19.2 Å². The maximum Gasteiger partial charge on any atom is 0.168 e. The van der Waals surface area contributed by atoms with Crippen LogP contribution in [0, 0.1) is 0 Å². The highest BCUT2D eigenvalue weighted by atomic mass is 35.5. The lowest BCUT2D eigenvalue weighted by molar-refractivity contribution is 0.465. The molecule has 1 aromatic heterocycles. The van der Waals surface area contributed by atoms with E-state index in [1.54, 1.807) is 24.4 Å². The maximum atomic E-state index is 6.12. The van der Waals surface area contributed by atoms with Crippen LogP contribution in [0.2, 0.25) is 10.0 Å². The van der Waals surface area contributed by atoms with E-state index in [2.05, 4.69) is 15.3 Å². The number of hydrogen-bond acceptors (Lipinski definition) is 4. The molecule has 0 fully saturated rings. The van der Waals surface area contributed by atoms with Gasteiger partial charge < -0.3 is 10.1 Å². The molecule has 0 saturated heterocycles. The summed E-state index contributed by atoms with van der Waals surface area (Å²) in [6.07, 6.45) is 1.67. The molecular weight excluding hydrogens is 309 g/mol. The number of halogens is 2. The fourth-order valence-corrected chi connectivity index (χ4v) is 2.07. The van der Waals surface area contributed by atoms with Gasteiger partial charge in [-0.15, -0.1) is 0 Å². The van der Waals surface area contributed by atoms with Gasteiger partial charge >= 0.3 is 0 Å². The van der Waals surface area contributed by atoms with Gasteiger partial charge in [-0.2, -0.15) is 0 Å². The van der Waals surface area contributed by atoms with Gasteiger partial charge in [0, 0.05) is 23.6 Å². The Hall–Kier alpha value is -1.36. The lowest BCUT2D eigenvalue weighted by Crippen LogP contribution is -2.11. The summed E-state index contributed by atoms with van der Waals surface area (Å²) >= 11 is 12.1. The van der Waals surface area contributed by atoms with Gasteiger partial charge in [0.15, 0.2) is 5.75 Å². The van der Waals surface area contributed by atoms with Crippen LogP contribution in [0.4, 0.5) is 0 Å². The van der Waals surface area contributed by atoms with Crippen LogP contribution in [0.15, 0.2) is 24.4 Å². The second-order valence-electron chi connectivity index (χ2n) is 4.90. The third-order valence-electron chi connectivity index (χ3n) is 2.82. The number of aromatic nitrogens is 2. The average Bonchev–Trinajstić information content (AvgIpc) is 2.44. The van der Waals surface area contributed by atoms with E-state index in [-0.39, 0.29) is 5.92 Å². The fraction of sp³-hybridized carbons (Fsp3) is 0.333. The minimum absolute atomic E-state index is 0.254. The van der Waals surface area contributed by atoms with Crippen LogP contribution in [-0.4, -0.2) is 17.0 Å². The van der Waals surface area contributed by atoms with Crippen LogP contribution < -0.4 is 10.1 Å². The second kappa shape index (κ2) is 7.07. The molecule has 1 aromatic carbocycles. The molecular formula is C15H17Cl2N3O. The standard InChI is InChI=1S/C15H17Cl2N3O/c1-9(2)15-19-8-14(12(20-15)7-18-3)21-13-6-10(16)4-5-11(13)17/h4-6,8-9,18H,7H2,1-3H3. The van der Waals surface area contributed by atoms with E-state index in [1.165, 1.54) is 0 Å². The van der Waals surface area contributed by atoms with Crippen molar-refractivity contribution in [1.29, 1.82) is 0 Å². The molecule has 0 atom stereocenters. The lowest BCUT2D eigenvalue weighted by atomic mass is 10.2. The molecule has 0 saturated carbocycles. The minimum Gasteiger partial charge on any atom is -0.452 e. The topological polar surface area (TPSA) is 47.0 Å². The molecule has 1 heterocycles. The number of nitrogens with one attached hydrogen (secondary N) is 1. The molecule has 6 heteroatoms. The van der Waals surface area contributed by atoms with Gasteiger partial charge in [0.05, 0.1) is 11.2 Å². The van der Waals surface area contributed by atoms with Crippen LogP contribution in [0.25, 0.3) is 0 Å². The summed E-state index contributed by atoms with van der Waals surface area (Å²) in [5, 5.41) is 4.12. The minimum atomic E-state index is 0.254. The van der Waals surface area contributed by atoms with Crippen LogP contribution in [0.1, 0.15) is 31.3 Å². The van der Waals surface area contributed by atoms with Crippen molar-refractivity contribution in [3.05, 3.63) is 46.0 Å². The summed E-state index contributed by atoms with van der Waals surface area (Å²) in [4.78, 5) is 8.86. The molecule has 2 rings (SSSR count). The summed E-state index contributed by atoms with van der Waals surface area (Å²) in [5.41, 5.74) is 0.784. The predicted molar refractivity (Wildman–Crippen MR) is 85.4 cm³/mol. The first-order valence-corrected chi connectivity index (χ1v) is 7.40. The van der Waals surface area contributed by atoms with Crippen molar-refractivity contribution in [1.82, 2.24) is 15.3 Å². The van der Waals surface area contributed by atoms with Crippen LogP contribution >= 0.6 is 23.2 Å². The summed E-state index contributed by atoms with van der Waals surface area (Å²) in [5.74, 6) is 2.09. The van der Waals surface area contributed by atoms with E-state index in [1.807, 2.05) is 20.9 Å². The van der Waals surface area contributed by atoms with Crippen molar-refractivity contribution in [2.45, 2.75) is 26.3 Å². The molecule has 0 amide bonds. The van der Waals surface area contributed by atoms with Gasteiger partial charge in [-0.3, -0.25) is 0 Å². The second-order valence-corrected chi connectivity index (χ2v) is 5.74. The average molecular weight is 326 g/mol. The van der Waals surface area contributed by atoms with Gasteiger partial charge in [0.25, 0.3) is 0 Å². The number of rotatable bonds is 5. The Kier molecular flexibility index (Phi) is 5.39. The molecule has 112 valence electrons. The molecule has 0 aliphatic heterocycles. The van der Waals surface area contributed by atoms with Gasteiger partial charge in [-0.1, -0.05) is 37.0 Å². The zero-order valence-corrected chi connectivity index (χ0v) is 13.7. The van der Waals surface area contributed by atoms with E-state index < -0.39 is 0 Å². The van der Waals surface area contributed by atoms with Gasteiger partial charge in [-0.25, -0.2) is 9.97 Å². The molecule has 0 bridgehead atoms. The van der Waals surface area contributed by atoms with E-state index in [0.29, 0.717) is 28.1 Å². The lowest BCUT2D eigenvalue weighted by Gasteiger charge is -2.13. The number of hydrogen-bond donors (Lipinski definition) is 1. The number of benzene rings is 1. The molecule has 0 aliphatic carbocycles. The quantitative estimate of drug-likeness (QED) is 0.883. The van der Waals surface area contributed by atoms with E-state index in [4.69, 9.17) is 27.9 Å². The predicted octanol–water partition coefficient (Wildman–Crippen LogP) is 4.42. The van der Waals surface area contributed by atoms with Gasteiger partial charge in [0.2, 0.25) is 0 Å². The van der Waals surface area contributed by atoms with E-state index in [9.17, 15) is 0 Å². The Morgan fingerprint density at radius 2 is 2.00 bits per heavy atom. The monoisotopic (exact) mass is 325 g/mol. The zero-order valence-electron chi connectivity index (χ0n) is 12.2. The number of nitrogens with zero attached hydrogens (tertiary/aromatic N) is 2. The first-order chi connectivity index (χ1) is 10.0. The highest BCUT2D eigenvalue weighted by molar-refractivity contribution is 6.34. The maximum absolute atomic E-state index is 6.12. The summed E-state index contributed by atoms with van der Waals surface area (Å²) < 4.78 is 5.83. The Balaban J connectivity index is 2.36. The van der Waals surface area contributed by atoms with Crippen molar-refractivity contribution in [3.63, 3.8) is 0 Å². The normalized spacial score (nSPS) is 11.0. The number of ether oxygens (including phenoxy) is 1. The highest BCUT2D eigenvalue weighted by Gasteiger charge is 2.13. The Bertz CT molecular complexity index is 632. The molecule has 4 nitrogen and oxygen atoms in total. The van der Waals surface area contributed by atoms with Crippen LogP contribution in [-0.2, 0) is 6.54 Å². The molecule has 1 N–H and O–H groups in total. The first-order valence-electron chi connectivity index (χ1n) is 6.64. The summed E-state index contributed by atoms with van der Waals surface area (Å²) in [6, 6.07) is 5.08. The van der Waals surface area contributed by atoms with E-state index in [0.717, 1.165) is 11.5 Å². The summed E-state index contributed by atoms with van der Waals surface area (Å²) in [6.45, 7) is 4.68. The Morgan fingerprint density at radius 1 is 1.24 bits per heavy atom. The molecule has 21 heavy (non-hydrogen) atoms. The van der Waals surface area contributed by atoms with Crippen molar-refractivity contribution in [2.75, 3.05) is 7.05 Å².